The van der Waals surface area contributed by atoms with E-state index in [2.05, 4.69) is 27.2 Å². The summed E-state index contributed by atoms with van der Waals surface area (Å²) in [6.45, 7) is 1.55. The molecule has 130 valence electrons. The van der Waals surface area contributed by atoms with Crippen molar-refractivity contribution < 1.29 is 4.79 Å². The van der Waals surface area contributed by atoms with Gasteiger partial charge in [0.1, 0.15) is 5.69 Å². The number of hydrogen-bond donors (Lipinski definition) is 2. The molecule has 4 aromatic rings. The second-order valence-corrected chi connectivity index (χ2v) is 6.98. The van der Waals surface area contributed by atoms with Gasteiger partial charge in [0, 0.05) is 36.4 Å². The number of nitrogens with one attached hydrogen (secondary N) is 2. The van der Waals surface area contributed by atoms with E-state index in [4.69, 9.17) is 0 Å². The Balaban J connectivity index is 1.33. The Kier molecular flexibility index (Phi) is 3.52. The number of pyridine rings is 1. The molecule has 0 radical (unpaired) electrons. The smallest absolute Gasteiger partial charge is 0.270 e. The molecule has 1 aromatic carbocycles. The minimum absolute atomic E-state index is 0.0942. The minimum Gasteiger partial charge on any atom is -0.360 e. The highest BCUT2D eigenvalue weighted by Gasteiger charge is 2.27. The lowest BCUT2D eigenvalue weighted by atomic mass is 9.90. The van der Waals surface area contributed by atoms with Crippen LogP contribution in [0.3, 0.4) is 0 Å². The van der Waals surface area contributed by atoms with Crippen molar-refractivity contribution in [2.45, 2.75) is 18.8 Å². The second-order valence-electron chi connectivity index (χ2n) is 6.98. The van der Waals surface area contributed by atoms with Crippen molar-refractivity contribution in [3.8, 4) is 0 Å². The van der Waals surface area contributed by atoms with Gasteiger partial charge in [0.25, 0.3) is 5.91 Å². The van der Waals surface area contributed by atoms with E-state index in [-0.39, 0.29) is 5.91 Å². The first-order valence-corrected chi connectivity index (χ1v) is 9.08. The van der Waals surface area contributed by atoms with E-state index in [1.54, 1.807) is 0 Å². The van der Waals surface area contributed by atoms with Crippen LogP contribution in [0, 0.1) is 0 Å². The molecular weight excluding hydrogens is 324 g/mol. The lowest BCUT2D eigenvalue weighted by Crippen LogP contribution is -2.38. The number of aromatic amines is 2. The zero-order valence-electron chi connectivity index (χ0n) is 14.4. The number of rotatable bonds is 2. The summed E-state index contributed by atoms with van der Waals surface area (Å²) in [7, 11) is 0. The molecule has 1 amide bonds. The summed E-state index contributed by atoms with van der Waals surface area (Å²) in [5.41, 5.74) is 5.11. The number of likely N-dealkylation sites (tertiary alicyclic amines) is 1. The summed E-state index contributed by atoms with van der Waals surface area (Å²) in [4.78, 5) is 25.9. The predicted molar refractivity (Wildman–Crippen MR) is 102 cm³/mol. The van der Waals surface area contributed by atoms with Gasteiger partial charge in [0.05, 0.1) is 11.0 Å². The number of benzene rings is 1. The monoisotopic (exact) mass is 344 g/mol. The molecule has 1 saturated heterocycles. The number of para-hydroxylation sites is 1. The van der Waals surface area contributed by atoms with Crippen molar-refractivity contribution in [1.29, 1.82) is 0 Å². The first kappa shape index (κ1) is 15.2. The van der Waals surface area contributed by atoms with Gasteiger partial charge < -0.3 is 14.9 Å². The van der Waals surface area contributed by atoms with E-state index in [9.17, 15) is 4.79 Å². The molecule has 2 N–H and O–H groups in total. The average Bonchev–Trinajstić information content (AvgIpc) is 3.32. The van der Waals surface area contributed by atoms with Gasteiger partial charge in [-0.3, -0.25) is 9.78 Å². The van der Waals surface area contributed by atoms with Gasteiger partial charge in [-0.1, -0.05) is 18.2 Å². The summed E-state index contributed by atoms with van der Waals surface area (Å²) in [5, 5.41) is 1.08. The van der Waals surface area contributed by atoms with Crippen LogP contribution < -0.4 is 0 Å². The molecule has 0 spiro atoms. The second kappa shape index (κ2) is 6.02. The normalized spacial score (nSPS) is 15.8. The highest BCUT2D eigenvalue weighted by atomic mass is 16.2. The van der Waals surface area contributed by atoms with Crippen molar-refractivity contribution >= 4 is 27.8 Å². The molecule has 0 atom stereocenters. The summed E-state index contributed by atoms with van der Waals surface area (Å²) < 4.78 is 0. The maximum Gasteiger partial charge on any atom is 0.270 e. The van der Waals surface area contributed by atoms with Gasteiger partial charge >= 0.3 is 0 Å². The molecule has 1 aliphatic heterocycles. The Morgan fingerprint density at radius 1 is 1.08 bits per heavy atom. The van der Waals surface area contributed by atoms with Gasteiger partial charge in [-0.2, -0.15) is 0 Å². The summed E-state index contributed by atoms with van der Waals surface area (Å²) >= 11 is 0. The largest absolute Gasteiger partial charge is 0.360 e. The van der Waals surface area contributed by atoms with Gasteiger partial charge in [-0.05, 0) is 48.6 Å². The molecule has 0 bridgehead atoms. The molecule has 5 rings (SSSR count). The fraction of sp³-hybridized carbons (Fsp3) is 0.238. The molecule has 5 nitrogen and oxygen atoms in total. The lowest BCUT2D eigenvalue weighted by molar-refractivity contribution is 0.0708. The first-order chi connectivity index (χ1) is 12.8. The van der Waals surface area contributed by atoms with Crippen molar-refractivity contribution in [2.75, 3.05) is 13.1 Å². The van der Waals surface area contributed by atoms with Crippen LogP contribution in [-0.2, 0) is 0 Å². The Hall–Kier alpha value is -3.08. The molecule has 4 heterocycles. The summed E-state index contributed by atoms with van der Waals surface area (Å²) in [6, 6.07) is 14.0. The highest BCUT2D eigenvalue weighted by molar-refractivity contribution is 5.98. The Labute approximate surface area is 151 Å². The quantitative estimate of drug-likeness (QED) is 0.576. The number of amides is 1. The summed E-state index contributed by atoms with van der Waals surface area (Å²) in [5.74, 6) is 0.544. The lowest BCUT2D eigenvalue weighted by Gasteiger charge is -2.31. The zero-order chi connectivity index (χ0) is 17.5. The molecule has 0 aliphatic carbocycles. The number of carbonyl (C=O) groups excluding carboxylic acids is 1. The highest BCUT2D eigenvalue weighted by Crippen LogP contribution is 2.32. The molecule has 0 unspecified atom stereocenters. The first-order valence-electron chi connectivity index (χ1n) is 9.08. The minimum atomic E-state index is 0.0942. The van der Waals surface area contributed by atoms with Crippen LogP contribution in [0.2, 0.25) is 0 Å². The SMILES string of the molecule is O=C(c1cc2ccccc2[nH]1)N1CCC(c2c[nH]c3cccnc23)CC1. The topological polar surface area (TPSA) is 64.8 Å². The number of hydrogen-bond acceptors (Lipinski definition) is 2. The van der Waals surface area contributed by atoms with E-state index in [0.717, 1.165) is 47.9 Å². The van der Waals surface area contributed by atoms with E-state index in [1.807, 2.05) is 47.5 Å². The van der Waals surface area contributed by atoms with Crippen LogP contribution in [0.4, 0.5) is 0 Å². The third-order valence-corrected chi connectivity index (χ3v) is 5.45. The third-order valence-electron chi connectivity index (χ3n) is 5.45. The van der Waals surface area contributed by atoms with Crippen LogP contribution in [0.1, 0.15) is 34.8 Å². The number of aromatic nitrogens is 3. The van der Waals surface area contributed by atoms with E-state index in [1.165, 1.54) is 5.56 Å². The number of carbonyl (C=O) groups is 1. The van der Waals surface area contributed by atoms with Crippen molar-refractivity contribution in [3.63, 3.8) is 0 Å². The van der Waals surface area contributed by atoms with E-state index < -0.39 is 0 Å². The molecule has 1 fully saturated rings. The Bertz CT molecular complexity index is 1050. The van der Waals surface area contributed by atoms with Gasteiger partial charge in [-0.15, -0.1) is 0 Å². The third kappa shape index (κ3) is 2.47. The van der Waals surface area contributed by atoms with Crippen LogP contribution >= 0.6 is 0 Å². The van der Waals surface area contributed by atoms with Crippen LogP contribution in [0.25, 0.3) is 21.9 Å². The molecule has 5 heteroatoms. The molecule has 3 aromatic heterocycles. The van der Waals surface area contributed by atoms with Crippen molar-refractivity contribution in [1.82, 2.24) is 19.9 Å². The standard InChI is InChI=1S/C21H20N4O/c26-21(19-12-15-4-1-2-5-17(15)24-19)25-10-7-14(8-11-25)16-13-23-18-6-3-9-22-20(16)18/h1-6,9,12-14,23-24H,7-8,10-11H2. The van der Waals surface area contributed by atoms with Gasteiger partial charge in [0.15, 0.2) is 0 Å². The van der Waals surface area contributed by atoms with Crippen molar-refractivity contribution in [2.24, 2.45) is 0 Å². The average molecular weight is 344 g/mol. The number of nitrogens with zero attached hydrogens (tertiary/aromatic N) is 2. The molecule has 26 heavy (non-hydrogen) atoms. The summed E-state index contributed by atoms with van der Waals surface area (Å²) in [6.07, 6.45) is 5.86. The maximum atomic E-state index is 12.9. The fourth-order valence-electron chi connectivity index (χ4n) is 4.04. The van der Waals surface area contributed by atoms with E-state index >= 15 is 0 Å². The van der Waals surface area contributed by atoms with Gasteiger partial charge in [0.2, 0.25) is 0 Å². The van der Waals surface area contributed by atoms with Crippen LogP contribution in [0.5, 0.6) is 0 Å². The number of H-pyrrole nitrogens is 2. The molecule has 0 saturated carbocycles. The van der Waals surface area contributed by atoms with E-state index in [0.29, 0.717) is 11.6 Å². The van der Waals surface area contributed by atoms with Crippen molar-refractivity contribution in [3.05, 3.63) is 66.1 Å². The van der Waals surface area contributed by atoms with Gasteiger partial charge in [-0.25, -0.2) is 0 Å². The Morgan fingerprint density at radius 3 is 2.73 bits per heavy atom. The zero-order valence-corrected chi connectivity index (χ0v) is 14.4. The van der Waals surface area contributed by atoms with Crippen LogP contribution in [-0.4, -0.2) is 38.8 Å². The predicted octanol–water partition coefficient (Wildman–Crippen LogP) is 4.06. The fourth-order valence-corrected chi connectivity index (χ4v) is 4.04. The maximum absolute atomic E-state index is 12.9. The molecule has 1 aliphatic rings. The number of piperidine rings is 1. The Morgan fingerprint density at radius 2 is 1.88 bits per heavy atom. The van der Waals surface area contributed by atoms with Crippen LogP contribution in [0.15, 0.2) is 54.9 Å². The molecular formula is C21H20N4O. The number of fused-ring (bicyclic) bond motifs is 2.